The summed E-state index contributed by atoms with van der Waals surface area (Å²) in [6, 6.07) is 11.1. The molecule has 1 fully saturated rings. The summed E-state index contributed by atoms with van der Waals surface area (Å²) in [5.41, 5.74) is 2.51. The summed E-state index contributed by atoms with van der Waals surface area (Å²) in [5, 5.41) is 12.7. The van der Waals surface area contributed by atoms with Gasteiger partial charge in [0.15, 0.2) is 0 Å². The summed E-state index contributed by atoms with van der Waals surface area (Å²) in [5.74, 6) is -0.0259. The Morgan fingerprint density at radius 2 is 1.81 bits per heavy atom. The number of aliphatic hydroxyl groups is 1. The van der Waals surface area contributed by atoms with Gasteiger partial charge in [-0.15, -0.1) is 0 Å². The van der Waals surface area contributed by atoms with Gasteiger partial charge < -0.3 is 15.3 Å². The molecule has 0 saturated carbocycles. The van der Waals surface area contributed by atoms with Gasteiger partial charge in [0.1, 0.15) is 0 Å². The normalized spacial score (nSPS) is 17.8. The molecule has 5 nitrogen and oxygen atoms in total. The number of aliphatic hydroxyl groups excluding tert-OH is 1. The lowest BCUT2D eigenvalue weighted by molar-refractivity contribution is 0.0765. The Morgan fingerprint density at radius 3 is 2.43 bits per heavy atom. The monoisotopic (exact) mass is 283 g/mol. The summed E-state index contributed by atoms with van der Waals surface area (Å²) in [6.45, 7) is 1.05. The summed E-state index contributed by atoms with van der Waals surface area (Å²) in [6.07, 6.45) is 3.71. The first-order valence-electron chi connectivity index (χ1n) is 6.97. The van der Waals surface area contributed by atoms with Gasteiger partial charge in [0.25, 0.3) is 5.91 Å². The maximum absolute atomic E-state index is 12.2. The van der Waals surface area contributed by atoms with Crippen LogP contribution in [0.25, 0.3) is 0 Å². The zero-order valence-electron chi connectivity index (χ0n) is 11.6. The Hall–Kier alpha value is -2.40. The third-order valence-corrected chi connectivity index (χ3v) is 3.55. The molecule has 0 aliphatic carbocycles. The predicted molar refractivity (Wildman–Crippen MR) is 80.5 cm³/mol. The van der Waals surface area contributed by atoms with E-state index in [2.05, 4.69) is 10.3 Å². The number of nitrogens with zero attached hydrogens (tertiary/aromatic N) is 2. The number of hydrogen-bond donors (Lipinski definition) is 2. The minimum atomic E-state index is -0.387. The molecule has 1 aromatic carbocycles. The van der Waals surface area contributed by atoms with Crippen molar-refractivity contribution in [2.24, 2.45) is 0 Å². The molecule has 1 saturated heterocycles. The molecule has 5 heteroatoms. The number of β-amino-alcohol motifs (C(OH)–C–C–N with tert-alkyl or cyclic N) is 1. The summed E-state index contributed by atoms with van der Waals surface area (Å²) in [7, 11) is 0. The first-order valence-corrected chi connectivity index (χ1v) is 6.97. The van der Waals surface area contributed by atoms with Crippen molar-refractivity contribution in [1.29, 1.82) is 0 Å². The fourth-order valence-electron chi connectivity index (χ4n) is 2.41. The van der Waals surface area contributed by atoms with Crippen molar-refractivity contribution in [1.82, 2.24) is 9.88 Å². The highest BCUT2D eigenvalue weighted by atomic mass is 16.3. The van der Waals surface area contributed by atoms with Gasteiger partial charge in [0, 0.05) is 42.4 Å². The van der Waals surface area contributed by atoms with Crippen LogP contribution in [-0.4, -0.2) is 40.1 Å². The van der Waals surface area contributed by atoms with Crippen LogP contribution in [-0.2, 0) is 0 Å². The van der Waals surface area contributed by atoms with Crippen molar-refractivity contribution >= 4 is 17.3 Å². The number of pyridine rings is 1. The van der Waals surface area contributed by atoms with Gasteiger partial charge in [-0.3, -0.25) is 9.78 Å². The number of aromatic nitrogens is 1. The van der Waals surface area contributed by atoms with Crippen molar-refractivity contribution in [3.63, 3.8) is 0 Å². The zero-order chi connectivity index (χ0) is 14.7. The number of amides is 1. The second-order valence-electron chi connectivity index (χ2n) is 5.13. The van der Waals surface area contributed by atoms with E-state index >= 15 is 0 Å². The average molecular weight is 283 g/mol. The van der Waals surface area contributed by atoms with Crippen LogP contribution >= 0.6 is 0 Å². The van der Waals surface area contributed by atoms with Gasteiger partial charge in [-0.05, 0) is 42.8 Å². The number of hydrogen-bond acceptors (Lipinski definition) is 4. The molecule has 0 bridgehead atoms. The minimum Gasteiger partial charge on any atom is -0.391 e. The molecule has 1 aromatic heterocycles. The van der Waals surface area contributed by atoms with E-state index in [1.807, 2.05) is 24.3 Å². The Labute approximate surface area is 123 Å². The van der Waals surface area contributed by atoms with Crippen LogP contribution in [0.1, 0.15) is 16.8 Å². The predicted octanol–water partition coefficient (Wildman–Crippen LogP) is 2.03. The van der Waals surface area contributed by atoms with E-state index in [0.717, 1.165) is 11.4 Å². The van der Waals surface area contributed by atoms with Gasteiger partial charge in [0.2, 0.25) is 0 Å². The quantitative estimate of drug-likeness (QED) is 0.904. The highest BCUT2D eigenvalue weighted by Gasteiger charge is 2.25. The average Bonchev–Trinajstić information content (AvgIpc) is 2.95. The smallest absolute Gasteiger partial charge is 0.253 e. The molecule has 2 heterocycles. The maximum atomic E-state index is 12.2. The number of likely N-dealkylation sites (tertiary alicyclic amines) is 1. The van der Waals surface area contributed by atoms with E-state index in [9.17, 15) is 9.90 Å². The molecule has 21 heavy (non-hydrogen) atoms. The molecule has 2 N–H and O–H groups in total. The number of carbonyl (C=O) groups is 1. The van der Waals surface area contributed by atoms with Crippen LogP contribution in [0.15, 0.2) is 48.8 Å². The lowest BCUT2D eigenvalue weighted by Crippen LogP contribution is -2.29. The first kappa shape index (κ1) is 13.6. The molecule has 0 radical (unpaired) electrons. The largest absolute Gasteiger partial charge is 0.391 e. The fraction of sp³-hybridized carbons (Fsp3) is 0.250. The molecular formula is C16H17N3O2. The fourth-order valence-corrected chi connectivity index (χ4v) is 2.41. The lowest BCUT2D eigenvalue weighted by Gasteiger charge is -2.15. The second-order valence-corrected chi connectivity index (χ2v) is 5.13. The van der Waals surface area contributed by atoms with E-state index in [4.69, 9.17) is 0 Å². The Morgan fingerprint density at radius 1 is 1.14 bits per heavy atom. The van der Waals surface area contributed by atoms with Crippen LogP contribution in [0.4, 0.5) is 11.4 Å². The molecule has 0 spiro atoms. The first-order chi connectivity index (χ1) is 10.2. The lowest BCUT2D eigenvalue weighted by atomic mass is 10.2. The van der Waals surface area contributed by atoms with E-state index < -0.39 is 0 Å². The van der Waals surface area contributed by atoms with E-state index in [1.165, 1.54) is 0 Å². The summed E-state index contributed by atoms with van der Waals surface area (Å²) in [4.78, 5) is 17.9. The third-order valence-electron chi connectivity index (χ3n) is 3.55. The second kappa shape index (κ2) is 5.93. The Balaban J connectivity index is 1.68. The molecule has 1 aliphatic rings. The van der Waals surface area contributed by atoms with Crippen LogP contribution in [0.3, 0.4) is 0 Å². The topological polar surface area (TPSA) is 65.5 Å². The summed E-state index contributed by atoms with van der Waals surface area (Å²) >= 11 is 0. The van der Waals surface area contributed by atoms with Crippen molar-refractivity contribution in [3.05, 3.63) is 54.4 Å². The number of anilines is 2. The molecule has 108 valence electrons. The zero-order valence-corrected chi connectivity index (χ0v) is 11.6. The van der Waals surface area contributed by atoms with Gasteiger partial charge in [-0.25, -0.2) is 0 Å². The Kier molecular flexibility index (Phi) is 3.83. The molecular weight excluding hydrogens is 266 g/mol. The van der Waals surface area contributed by atoms with E-state index in [-0.39, 0.29) is 12.0 Å². The molecule has 1 atom stereocenters. The van der Waals surface area contributed by atoms with Crippen molar-refractivity contribution in [2.45, 2.75) is 12.5 Å². The van der Waals surface area contributed by atoms with Crippen LogP contribution in [0, 0.1) is 0 Å². The van der Waals surface area contributed by atoms with Gasteiger partial charge in [0.05, 0.1) is 6.10 Å². The number of benzene rings is 1. The standard InChI is InChI=1S/C16H17N3O2/c20-15-7-10-19(11-15)16(21)12-1-3-13(4-2-12)18-14-5-8-17-9-6-14/h1-6,8-9,15,20H,7,10-11H2,(H,17,18)/t15-/m1/s1. The molecule has 3 rings (SSSR count). The third kappa shape index (κ3) is 3.20. The molecule has 2 aromatic rings. The molecule has 0 unspecified atom stereocenters. The van der Waals surface area contributed by atoms with Crippen LogP contribution < -0.4 is 5.32 Å². The number of nitrogens with one attached hydrogen (secondary N) is 1. The highest BCUT2D eigenvalue weighted by Crippen LogP contribution is 2.18. The van der Waals surface area contributed by atoms with Crippen LogP contribution in [0.2, 0.25) is 0 Å². The Bertz CT molecular complexity index is 613. The maximum Gasteiger partial charge on any atom is 0.253 e. The molecule has 1 amide bonds. The highest BCUT2D eigenvalue weighted by molar-refractivity contribution is 5.94. The SMILES string of the molecule is O=C(c1ccc(Nc2ccncc2)cc1)N1CC[C@@H](O)C1. The van der Waals surface area contributed by atoms with E-state index in [1.54, 1.807) is 29.4 Å². The van der Waals surface area contributed by atoms with Gasteiger partial charge >= 0.3 is 0 Å². The van der Waals surface area contributed by atoms with Gasteiger partial charge in [-0.2, -0.15) is 0 Å². The summed E-state index contributed by atoms with van der Waals surface area (Å²) < 4.78 is 0. The van der Waals surface area contributed by atoms with E-state index in [0.29, 0.717) is 25.1 Å². The van der Waals surface area contributed by atoms with Crippen molar-refractivity contribution < 1.29 is 9.90 Å². The van der Waals surface area contributed by atoms with Crippen LogP contribution in [0.5, 0.6) is 0 Å². The number of rotatable bonds is 3. The van der Waals surface area contributed by atoms with Crippen molar-refractivity contribution in [2.75, 3.05) is 18.4 Å². The van der Waals surface area contributed by atoms with Gasteiger partial charge in [-0.1, -0.05) is 0 Å². The minimum absolute atomic E-state index is 0.0259. The number of carbonyl (C=O) groups excluding carboxylic acids is 1. The molecule has 1 aliphatic heterocycles. The van der Waals surface area contributed by atoms with Crippen molar-refractivity contribution in [3.8, 4) is 0 Å².